The molecule has 2 heterocycles. The van der Waals surface area contributed by atoms with Crippen molar-refractivity contribution < 1.29 is 9.53 Å². The molecule has 2 aromatic heterocycles. The van der Waals surface area contributed by atoms with Crippen LogP contribution >= 0.6 is 0 Å². The number of rotatable bonds is 4. The maximum absolute atomic E-state index is 11.7. The molecular weight excluding hydrogens is 244 g/mol. The summed E-state index contributed by atoms with van der Waals surface area (Å²) in [5.74, 6) is 0.497. The van der Waals surface area contributed by atoms with Crippen LogP contribution in [0.1, 0.15) is 28.8 Å². The summed E-state index contributed by atoms with van der Waals surface area (Å²) in [6, 6.07) is 3.79. The van der Waals surface area contributed by atoms with E-state index < -0.39 is 5.97 Å². The third-order valence-electron chi connectivity index (χ3n) is 2.73. The van der Waals surface area contributed by atoms with E-state index in [2.05, 4.69) is 9.97 Å². The van der Waals surface area contributed by atoms with Gasteiger partial charge in [-0.2, -0.15) is 0 Å². The van der Waals surface area contributed by atoms with Gasteiger partial charge in [0.15, 0.2) is 5.69 Å². The van der Waals surface area contributed by atoms with Gasteiger partial charge in [0.1, 0.15) is 11.6 Å². The van der Waals surface area contributed by atoms with Gasteiger partial charge in [0.05, 0.1) is 13.2 Å². The second-order valence-corrected chi connectivity index (χ2v) is 4.06. The number of esters is 1. The quantitative estimate of drug-likeness (QED) is 0.840. The lowest BCUT2D eigenvalue weighted by Crippen LogP contribution is -2.10. The Bertz CT molecular complexity index is 578. The summed E-state index contributed by atoms with van der Waals surface area (Å²) in [6.45, 7) is 4.37. The number of carbonyl (C=O) groups excluding carboxylic acids is 1. The topological polar surface area (TPSA) is 83.0 Å². The molecule has 0 amide bonds. The van der Waals surface area contributed by atoms with E-state index >= 15 is 0 Å². The van der Waals surface area contributed by atoms with E-state index in [1.807, 2.05) is 12.1 Å². The number of nitrogens with two attached hydrogens (primary N) is 1. The molecule has 100 valence electrons. The summed E-state index contributed by atoms with van der Waals surface area (Å²) in [5.41, 5.74) is 7.12. The van der Waals surface area contributed by atoms with Crippen LogP contribution in [0.5, 0.6) is 0 Å². The lowest BCUT2D eigenvalue weighted by atomic mass is 10.3. The van der Waals surface area contributed by atoms with Crippen molar-refractivity contribution in [2.24, 2.45) is 0 Å². The molecule has 0 aromatic carbocycles. The summed E-state index contributed by atoms with van der Waals surface area (Å²) >= 11 is 0. The second kappa shape index (κ2) is 5.51. The minimum absolute atomic E-state index is 0.170. The van der Waals surface area contributed by atoms with Gasteiger partial charge in [0, 0.05) is 12.4 Å². The monoisotopic (exact) mass is 260 g/mol. The summed E-state index contributed by atoms with van der Waals surface area (Å²) < 4.78 is 6.69. The average Bonchev–Trinajstić information content (AvgIpc) is 2.68. The minimum atomic E-state index is -0.493. The van der Waals surface area contributed by atoms with Crippen molar-refractivity contribution in [2.45, 2.75) is 20.4 Å². The van der Waals surface area contributed by atoms with Crippen molar-refractivity contribution in [1.29, 1.82) is 0 Å². The number of pyridine rings is 1. The number of nitrogens with zero attached hydrogens (tertiary/aromatic N) is 3. The highest BCUT2D eigenvalue weighted by atomic mass is 16.5. The van der Waals surface area contributed by atoms with Crippen LogP contribution in [0.3, 0.4) is 0 Å². The van der Waals surface area contributed by atoms with E-state index in [9.17, 15) is 4.79 Å². The SMILES string of the molecule is CCOC(=O)c1nc(C)n(Cc2cccnc2)c1N. The fraction of sp³-hybridized carbons (Fsp3) is 0.308. The van der Waals surface area contributed by atoms with Crippen LogP contribution in [0.2, 0.25) is 0 Å². The Morgan fingerprint density at radius 3 is 2.95 bits per heavy atom. The molecule has 0 aliphatic rings. The van der Waals surface area contributed by atoms with Gasteiger partial charge in [-0.05, 0) is 25.5 Å². The van der Waals surface area contributed by atoms with Crippen molar-refractivity contribution in [3.8, 4) is 0 Å². The molecule has 0 spiro atoms. The fourth-order valence-electron chi connectivity index (χ4n) is 1.81. The molecule has 2 rings (SSSR count). The number of ether oxygens (including phenoxy) is 1. The van der Waals surface area contributed by atoms with Gasteiger partial charge in [-0.15, -0.1) is 0 Å². The Morgan fingerprint density at radius 2 is 2.32 bits per heavy atom. The fourth-order valence-corrected chi connectivity index (χ4v) is 1.81. The standard InChI is InChI=1S/C13H16N4O2/c1-3-19-13(18)11-12(14)17(9(2)16-11)8-10-5-4-6-15-7-10/h4-7H,3,8,14H2,1-2H3. The van der Waals surface area contributed by atoms with E-state index in [1.165, 1.54) is 0 Å². The lowest BCUT2D eigenvalue weighted by Gasteiger charge is -2.07. The third kappa shape index (κ3) is 2.73. The molecule has 6 heteroatoms. The molecule has 0 atom stereocenters. The predicted octanol–water partition coefficient (Wildman–Crippen LogP) is 1.39. The molecule has 0 bridgehead atoms. The first-order valence-corrected chi connectivity index (χ1v) is 6.02. The zero-order chi connectivity index (χ0) is 13.8. The Morgan fingerprint density at radius 1 is 1.53 bits per heavy atom. The van der Waals surface area contributed by atoms with E-state index in [0.29, 0.717) is 24.8 Å². The van der Waals surface area contributed by atoms with Crippen LogP contribution in [0, 0.1) is 6.92 Å². The molecule has 0 saturated heterocycles. The van der Waals surface area contributed by atoms with Gasteiger partial charge >= 0.3 is 5.97 Å². The molecule has 0 aliphatic heterocycles. The van der Waals surface area contributed by atoms with E-state index in [0.717, 1.165) is 5.56 Å². The number of nitrogen functional groups attached to an aromatic ring is 1. The molecular formula is C13H16N4O2. The number of aromatic nitrogens is 3. The van der Waals surface area contributed by atoms with Crippen LogP contribution in [0.4, 0.5) is 5.82 Å². The minimum Gasteiger partial charge on any atom is -0.461 e. The van der Waals surface area contributed by atoms with Crippen LogP contribution in [-0.2, 0) is 11.3 Å². The summed E-state index contributed by atoms with van der Waals surface area (Å²) in [6.07, 6.45) is 3.46. The molecule has 0 fully saturated rings. The van der Waals surface area contributed by atoms with Gasteiger partial charge in [-0.3, -0.25) is 4.98 Å². The van der Waals surface area contributed by atoms with Crippen molar-refractivity contribution in [2.75, 3.05) is 12.3 Å². The van der Waals surface area contributed by atoms with E-state index in [1.54, 1.807) is 30.8 Å². The Balaban J connectivity index is 2.29. The molecule has 0 unspecified atom stereocenters. The number of anilines is 1. The highest BCUT2D eigenvalue weighted by molar-refractivity contribution is 5.92. The van der Waals surface area contributed by atoms with Crippen molar-refractivity contribution in [1.82, 2.24) is 14.5 Å². The predicted molar refractivity (Wildman–Crippen MR) is 70.7 cm³/mol. The average molecular weight is 260 g/mol. The summed E-state index contributed by atoms with van der Waals surface area (Å²) in [4.78, 5) is 19.9. The van der Waals surface area contributed by atoms with Crippen molar-refractivity contribution in [3.05, 3.63) is 41.6 Å². The van der Waals surface area contributed by atoms with Gasteiger partial charge < -0.3 is 15.0 Å². The molecule has 6 nitrogen and oxygen atoms in total. The van der Waals surface area contributed by atoms with Crippen molar-refractivity contribution in [3.63, 3.8) is 0 Å². The Kier molecular flexibility index (Phi) is 3.79. The summed E-state index contributed by atoms with van der Waals surface area (Å²) in [5, 5.41) is 0. The van der Waals surface area contributed by atoms with Crippen LogP contribution in [0.25, 0.3) is 0 Å². The number of hydrogen-bond donors (Lipinski definition) is 1. The first kappa shape index (κ1) is 13.1. The summed E-state index contributed by atoms with van der Waals surface area (Å²) in [7, 11) is 0. The van der Waals surface area contributed by atoms with Crippen molar-refractivity contribution >= 4 is 11.8 Å². The maximum atomic E-state index is 11.7. The number of carbonyl (C=O) groups is 1. The molecule has 2 aromatic rings. The smallest absolute Gasteiger partial charge is 0.360 e. The third-order valence-corrected chi connectivity index (χ3v) is 2.73. The molecule has 0 aliphatic carbocycles. The van der Waals surface area contributed by atoms with E-state index in [-0.39, 0.29) is 5.69 Å². The van der Waals surface area contributed by atoms with E-state index in [4.69, 9.17) is 10.5 Å². The number of imidazole rings is 1. The molecule has 2 N–H and O–H groups in total. The number of aryl methyl sites for hydroxylation is 1. The van der Waals surface area contributed by atoms with Crippen LogP contribution < -0.4 is 5.73 Å². The normalized spacial score (nSPS) is 10.4. The second-order valence-electron chi connectivity index (χ2n) is 4.06. The van der Waals surface area contributed by atoms with Gasteiger partial charge in [-0.1, -0.05) is 6.07 Å². The Hall–Kier alpha value is -2.37. The van der Waals surface area contributed by atoms with Crippen LogP contribution in [-0.4, -0.2) is 27.1 Å². The highest BCUT2D eigenvalue weighted by Gasteiger charge is 2.19. The van der Waals surface area contributed by atoms with Gasteiger partial charge in [0.25, 0.3) is 0 Å². The zero-order valence-corrected chi connectivity index (χ0v) is 11.0. The molecule has 0 saturated carbocycles. The Labute approximate surface area is 111 Å². The van der Waals surface area contributed by atoms with Gasteiger partial charge in [0.2, 0.25) is 0 Å². The molecule has 19 heavy (non-hydrogen) atoms. The highest BCUT2D eigenvalue weighted by Crippen LogP contribution is 2.17. The van der Waals surface area contributed by atoms with Crippen LogP contribution in [0.15, 0.2) is 24.5 Å². The largest absolute Gasteiger partial charge is 0.461 e. The first-order chi connectivity index (χ1) is 9.13. The maximum Gasteiger partial charge on any atom is 0.360 e. The van der Waals surface area contributed by atoms with Gasteiger partial charge in [-0.25, -0.2) is 9.78 Å². The zero-order valence-electron chi connectivity index (χ0n) is 11.0. The first-order valence-electron chi connectivity index (χ1n) is 6.02. The molecule has 0 radical (unpaired) electrons. The number of hydrogen-bond acceptors (Lipinski definition) is 5. The lowest BCUT2D eigenvalue weighted by molar-refractivity contribution is 0.0521.